The molecule has 1 unspecified atom stereocenters. The van der Waals surface area contributed by atoms with Gasteiger partial charge < -0.3 is 19.5 Å². The van der Waals surface area contributed by atoms with Gasteiger partial charge in [-0.15, -0.1) is 0 Å². The van der Waals surface area contributed by atoms with E-state index in [1.807, 2.05) is 63.2 Å². The summed E-state index contributed by atoms with van der Waals surface area (Å²) < 4.78 is 16.6. The van der Waals surface area contributed by atoms with Crippen LogP contribution in [0.5, 0.6) is 17.2 Å². The predicted octanol–water partition coefficient (Wildman–Crippen LogP) is 3.66. The van der Waals surface area contributed by atoms with Crippen molar-refractivity contribution in [2.24, 2.45) is 0 Å². The molecule has 2 aromatic rings. The van der Waals surface area contributed by atoms with Crippen molar-refractivity contribution in [3.8, 4) is 17.2 Å². The van der Waals surface area contributed by atoms with E-state index in [9.17, 15) is 4.79 Å². The molecule has 0 saturated carbocycles. The van der Waals surface area contributed by atoms with Crippen molar-refractivity contribution in [1.29, 1.82) is 0 Å². The minimum atomic E-state index is -0.517. The first-order chi connectivity index (χ1) is 12.5. The molecule has 0 fully saturated rings. The number of aryl methyl sites for hydroxylation is 1. The Balaban J connectivity index is 1.80. The van der Waals surface area contributed by atoms with Gasteiger partial charge in [-0.1, -0.05) is 19.1 Å². The number of hydrogen-bond acceptors (Lipinski definition) is 4. The van der Waals surface area contributed by atoms with Crippen LogP contribution in [0.25, 0.3) is 0 Å². The average molecular weight is 357 g/mol. The fraction of sp³-hybridized carbons (Fsp3) is 0.381. The molecule has 2 aromatic carbocycles. The van der Waals surface area contributed by atoms with Gasteiger partial charge in [0.2, 0.25) is 0 Å². The number of methoxy groups -OCH3 is 1. The van der Waals surface area contributed by atoms with E-state index in [-0.39, 0.29) is 5.91 Å². The largest absolute Gasteiger partial charge is 0.497 e. The third kappa shape index (κ3) is 5.41. The average Bonchev–Trinajstić information content (AvgIpc) is 2.66. The molecular formula is C21H27NO4. The van der Waals surface area contributed by atoms with Crippen LogP contribution in [0.1, 0.15) is 24.5 Å². The Morgan fingerprint density at radius 3 is 2.42 bits per heavy atom. The van der Waals surface area contributed by atoms with E-state index in [1.54, 1.807) is 7.11 Å². The van der Waals surface area contributed by atoms with Crippen molar-refractivity contribution in [2.45, 2.75) is 33.3 Å². The normalized spacial score (nSPS) is 11.5. The van der Waals surface area contributed by atoms with Gasteiger partial charge in [0.15, 0.2) is 6.10 Å². The topological polar surface area (TPSA) is 56.8 Å². The number of carbonyl (C=O) groups excluding carboxylic acids is 1. The van der Waals surface area contributed by atoms with E-state index in [0.29, 0.717) is 19.6 Å². The van der Waals surface area contributed by atoms with Crippen molar-refractivity contribution < 1.29 is 19.0 Å². The highest BCUT2D eigenvalue weighted by Crippen LogP contribution is 2.22. The molecule has 5 nitrogen and oxygen atoms in total. The first kappa shape index (κ1) is 19.6. The molecule has 2 rings (SSSR count). The van der Waals surface area contributed by atoms with E-state index in [1.165, 1.54) is 0 Å². The maximum atomic E-state index is 12.4. The van der Waals surface area contributed by atoms with Gasteiger partial charge in [-0.2, -0.15) is 0 Å². The van der Waals surface area contributed by atoms with Crippen LogP contribution in [0.2, 0.25) is 0 Å². The fourth-order valence-corrected chi connectivity index (χ4v) is 2.46. The summed E-state index contributed by atoms with van der Waals surface area (Å²) in [6, 6.07) is 13.2. The first-order valence-corrected chi connectivity index (χ1v) is 8.82. The summed E-state index contributed by atoms with van der Waals surface area (Å²) in [6.45, 7) is 6.76. The van der Waals surface area contributed by atoms with Gasteiger partial charge in [0, 0.05) is 0 Å². The lowest BCUT2D eigenvalue weighted by atomic mass is 10.1. The van der Waals surface area contributed by atoms with Crippen LogP contribution >= 0.6 is 0 Å². The molecule has 0 bridgehead atoms. The minimum Gasteiger partial charge on any atom is -0.497 e. The quantitative estimate of drug-likeness (QED) is 0.696. The van der Waals surface area contributed by atoms with Gasteiger partial charge in [-0.3, -0.25) is 4.79 Å². The molecule has 140 valence electrons. The lowest BCUT2D eigenvalue weighted by molar-refractivity contribution is -0.128. The highest BCUT2D eigenvalue weighted by Gasteiger charge is 2.19. The number of nitrogens with one attached hydrogen (secondary N) is 1. The minimum absolute atomic E-state index is 0.133. The number of amides is 1. The molecule has 5 heteroatoms. The second kappa shape index (κ2) is 9.70. The van der Waals surface area contributed by atoms with Gasteiger partial charge in [-0.05, 0) is 61.7 Å². The summed E-state index contributed by atoms with van der Waals surface area (Å²) in [7, 11) is 1.62. The zero-order valence-corrected chi connectivity index (χ0v) is 15.9. The molecule has 0 aliphatic heterocycles. The van der Waals surface area contributed by atoms with Gasteiger partial charge in [-0.25, -0.2) is 0 Å². The van der Waals surface area contributed by atoms with E-state index in [0.717, 1.165) is 28.4 Å². The summed E-state index contributed by atoms with van der Waals surface area (Å²) in [5.41, 5.74) is 2.20. The predicted molar refractivity (Wildman–Crippen MR) is 102 cm³/mol. The third-order valence-electron chi connectivity index (χ3n) is 4.22. The number of carbonyl (C=O) groups is 1. The molecule has 0 aliphatic rings. The van der Waals surface area contributed by atoms with Gasteiger partial charge in [0.05, 0.1) is 13.7 Å². The molecule has 0 aromatic heterocycles. The first-order valence-electron chi connectivity index (χ1n) is 8.82. The van der Waals surface area contributed by atoms with E-state index < -0.39 is 6.10 Å². The summed E-state index contributed by atoms with van der Waals surface area (Å²) in [5, 5.41) is 2.87. The van der Waals surface area contributed by atoms with E-state index in [2.05, 4.69) is 5.32 Å². The van der Waals surface area contributed by atoms with E-state index in [4.69, 9.17) is 14.2 Å². The Labute approximate surface area is 155 Å². The van der Waals surface area contributed by atoms with Gasteiger partial charge in [0.1, 0.15) is 23.9 Å². The number of rotatable bonds is 9. The molecule has 0 heterocycles. The van der Waals surface area contributed by atoms with Crippen LogP contribution in [0.4, 0.5) is 0 Å². The van der Waals surface area contributed by atoms with Crippen LogP contribution in [-0.4, -0.2) is 32.3 Å². The Morgan fingerprint density at radius 2 is 1.77 bits per heavy atom. The molecule has 0 aliphatic carbocycles. The van der Waals surface area contributed by atoms with Crippen molar-refractivity contribution in [3.63, 3.8) is 0 Å². The zero-order valence-electron chi connectivity index (χ0n) is 15.9. The lowest BCUT2D eigenvalue weighted by Crippen LogP contribution is -2.39. The van der Waals surface area contributed by atoms with Crippen LogP contribution in [-0.2, 0) is 4.79 Å². The van der Waals surface area contributed by atoms with Crippen molar-refractivity contribution in [2.75, 3.05) is 20.3 Å². The Hall–Kier alpha value is -2.69. The second-order valence-corrected chi connectivity index (χ2v) is 6.03. The van der Waals surface area contributed by atoms with Crippen LogP contribution in [0, 0.1) is 13.8 Å². The molecule has 1 N–H and O–H groups in total. The SMILES string of the molecule is CCC(Oc1cccc(C)c1C)C(=O)NCCOc1ccc(OC)cc1. The standard InChI is InChI=1S/C21H27NO4/c1-5-19(26-20-8-6-7-15(2)16(20)3)21(23)22-13-14-25-18-11-9-17(24-4)10-12-18/h6-12,19H,5,13-14H2,1-4H3,(H,22,23). The van der Waals surface area contributed by atoms with Crippen LogP contribution < -0.4 is 19.5 Å². The highest BCUT2D eigenvalue weighted by atomic mass is 16.5. The number of ether oxygens (including phenoxy) is 3. The smallest absolute Gasteiger partial charge is 0.261 e. The van der Waals surface area contributed by atoms with Crippen LogP contribution in [0.3, 0.4) is 0 Å². The second-order valence-electron chi connectivity index (χ2n) is 6.03. The third-order valence-corrected chi connectivity index (χ3v) is 4.22. The van der Waals surface area contributed by atoms with Crippen LogP contribution in [0.15, 0.2) is 42.5 Å². The monoisotopic (exact) mass is 357 g/mol. The fourth-order valence-electron chi connectivity index (χ4n) is 2.46. The Kier molecular flexibility index (Phi) is 7.33. The van der Waals surface area contributed by atoms with Gasteiger partial charge >= 0.3 is 0 Å². The molecule has 0 radical (unpaired) electrons. The van der Waals surface area contributed by atoms with Crippen molar-refractivity contribution >= 4 is 5.91 Å². The van der Waals surface area contributed by atoms with Crippen molar-refractivity contribution in [3.05, 3.63) is 53.6 Å². The highest BCUT2D eigenvalue weighted by molar-refractivity contribution is 5.81. The summed E-state index contributed by atoms with van der Waals surface area (Å²) in [6.07, 6.45) is 0.0786. The maximum absolute atomic E-state index is 12.4. The zero-order chi connectivity index (χ0) is 18.9. The number of hydrogen-bond donors (Lipinski definition) is 1. The molecule has 1 amide bonds. The maximum Gasteiger partial charge on any atom is 0.261 e. The van der Waals surface area contributed by atoms with E-state index >= 15 is 0 Å². The molecule has 0 saturated heterocycles. The summed E-state index contributed by atoms with van der Waals surface area (Å²) in [5.74, 6) is 2.13. The molecule has 0 spiro atoms. The molecular weight excluding hydrogens is 330 g/mol. The van der Waals surface area contributed by atoms with Gasteiger partial charge in [0.25, 0.3) is 5.91 Å². The Morgan fingerprint density at radius 1 is 1.08 bits per heavy atom. The summed E-state index contributed by atoms with van der Waals surface area (Å²) in [4.78, 5) is 12.4. The molecule has 1 atom stereocenters. The summed E-state index contributed by atoms with van der Waals surface area (Å²) >= 11 is 0. The lowest BCUT2D eigenvalue weighted by Gasteiger charge is -2.19. The Bertz CT molecular complexity index is 712. The van der Waals surface area contributed by atoms with Crippen molar-refractivity contribution in [1.82, 2.24) is 5.32 Å². The molecule has 26 heavy (non-hydrogen) atoms. The number of benzene rings is 2.